The van der Waals surface area contributed by atoms with Crippen LogP contribution in [0.5, 0.6) is 0 Å². The van der Waals surface area contributed by atoms with Gasteiger partial charge in [-0.1, -0.05) is 0 Å². The predicted molar refractivity (Wildman–Crippen MR) is 58.3 cm³/mol. The molecule has 1 amide bonds. The Morgan fingerprint density at radius 2 is 2.33 bits per heavy atom. The second-order valence-corrected chi connectivity index (χ2v) is 3.44. The molecule has 0 spiro atoms. The number of carbonyl (C=O) groups excluding carboxylic acids is 1. The molecule has 15 heavy (non-hydrogen) atoms. The van der Waals surface area contributed by atoms with Crippen molar-refractivity contribution in [1.29, 1.82) is 0 Å². The van der Waals surface area contributed by atoms with Gasteiger partial charge in [0.05, 0.1) is 12.7 Å². The number of likely N-dealkylation sites (N-methyl/N-ethyl adjacent to an activating group) is 1. The topological polar surface area (TPSA) is 59.0 Å². The minimum absolute atomic E-state index is 0.0269. The third kappa shape index (κ3) is 3.36. The highest BCUT2D eigenvalue weighted by atomic mass is 16.1. The summed E-state index contributed by atoms with van der Waals surface area (Å²) >= 11 is 0. The molecule has 0 bridgehead atoms. The lowest BCUT2D eigenvalue weighted by atomic mass is 10.2. The molecule has 1 aromatic rings. The number of aromatic nitrogens is 2. The summed E-state index contributed by atoms with van der Waals surface area (Å²) in [6.07, 6.45) is 1.82. The minimum Gasteiger partial charge on any atom is -0.355 e. The lowest BCUT2D eigenvalue weighted by Gasteiger charge is -2.04. The Labute approximate surface area is 89.9 Å². The number of rotatable bonds is 5. The lowest BCUT2D eigenvalue weighted by molar-refractivity contribution is -0.120. The second-order valence-electron chi connectivity index (χ2n) is 3.44. The summed E-state index contributed by atoms with van der Waals surface area (Å²) in [6, 6.07) is 0. The van der Waals surface area contributed by atoms with Gasteiger partial charge >= 0.3 is 0 Å². The van der Waals surface area contributed by atoms with E-state index in [1.165, 1.54) is 0 Å². The maximum Gasteiger partial charge on any atom is 0.233 e. The number of hydrogen-bond acceptors (Lipinski definition) is 3. The zero-order chi connectivity index (χ0) is 11.3. The highest BCUT2D eigenvalue weighted by Gasteiger charge is 2.04. The number of nitrogens with zero attached hydrogens (tertiary/aromatic N) is 2. The standard InChI is InChI=1S/C10H18N4O/c1-4-12-10(15)7-11-5-9-6-13-14(3)8(9)2/h6,11H,4-5,7H2,1-3H3,(H,12,15). The minimum atomic E-state index is 0.0269. The molecule has 0 saturated heterocycles. The lowest BCUT2D eigenvalue weighted by Crippen LogP contribution is -2.33. The zero-order valence-corrected chi connectivity index (χ0v) is 9.50. The summed E-state index contributed by atoms with van der Waals surface area (Å²) in [6.45, 7) is 5.62. The van der Waals surface area contributed by atoms with Crippen molar-refractivity contribution in [3.63, 3.8) is 0 Å². The van der Waals surface area contributed by atoms with Gasteiger partial charge in [0.1, 0.15) is 0 Å². The Hall–Kier alpha value is -1.36. The normalized spacial score (nSPS) is 10.3. The average molecular weight is 210 g/mol. The van der Waals surface area contributed by atoms with Crippen molar-refractivity contribution < 1.29 is 4.79 Å². The molecule has 0 aliphatic rings. The van der Waals surface area contributed by atoms with Gasteiger partial charge in [-0.25, -0.2) is 0 Å². The van der Waals surface area contributed by atoms with Crippen molar-refractivity contribution >= 4 is 5.91 Å². The molecule has 0 aliphatic heterocycles. The van der Waals surface area contributed by atoms with Crippen LogP contribution in [0.4, 0.5) is 0 Å². The van der Waals surface area contributed by atoms with Gasteiger partial charge < -0.3 is 10.6 Å². The molecule has 1 rings (SSSR count). The fourth-order valence-electron chi connectivity index (χ4n) is 1.29. The van der Waals surface area contributed by atoms with E-state index in [-0.39, 0.29) is 5.91 Å². The molecule has 0 atom stereocenters. The first-order valence-corrected chi connectivity index (χ1v) is 5.10. The van der Waals surface area contributed by atoms with E-state index in [9.17, 15) is 4.79 Å². The maximum atomic E-state index is 11.1. The molecule has 0 radical (unpaired) electrons. The van der Waals surface area contributed by atoms with Gasteiger partial charge in [-0.3, -0.25) is 9.48 Å². The third-order valence-corrected chi connectivity index (χ3v) is 2.31. The van der Waals surface area contributed by atoms with Crippen molar-refractivity contribution in [2.45, 2.75) is 20.4 Å². The molecule has 84 valence electrons. The Morgan fingerprint density at radius 1 is 1.60 bits per heavy atom. The molecule has 5 nitrogen and oxygen atoms in total. The van der Waals surface area contributed by atoms with Crippen LogP contribution < -0.4 is 10.6 Å². The number of aryl methyl sites for hydroxylation is 1. The molecular formula is C10H18N4O. The van der Waals surface area contributed by atoms with Gasteiger partial charge in [0, 0.05) is 31.4 Å². The van der Waals surface area contributed by atoms with E-state index in [0.717, 1.165) is 11.3 Å². The first-order chi connectivity index (χ1) is 7.15. The third-order valence-electron chi connectivity index (χ3n) is 2.31. The highest BCUT2D eigenvalue weighted by molar-refractivity contribution is 5.77. The van der Waals surface area contributed by atoms with E-state index in [1.807, 2.05) is 31.8 Å². The van der Waals surface area contributed by atoms with Crippen LogP contribution in [0.3, 0.4) is 0 Å². The van der Waals surface area contributed by atoms with E-state index in [4.69, 9.17) is 0 Å². The van der Waals surface area contributed by atoms with E-state index >= 15 is 0 Å². The predicted octanol–water partition coefficient (Wildman–Crippen LogP) is -0.0458. The van der Waals surface area contributed by atoms with Gasteiger partial charge in [0.2, 0.25) is 5.91 Å². The molecule has 1 aromatic heterocycles. The largest absolute Gasteiger partial charge is 0.355 e. The van der Waals surface area contributed by atoms with E-state index in [1.54, 1.807) is 0 Å². The van der Waals surface area contributed by atoms with Crippen molar-refractivity contribution in [1.82, 2.24) is 20.4 Å². The van der Waals surface area contributed by atoms with Crippen LogP contribution in [0.25, 0.3) is 0 Å². The van der Waals surface area contributed by atoms with Crippen LogP contribution in [-0.4, -0.2) is 28.8 Å². The molecular weight excluding hydrogens is 192 g/mol. The van der Waals surface area contributed by atoms with Crippen LogP contribution in [0.15, 0.2) is 6.20 Å². The summed E-state index contributed by atoms with van der Waals surface area (Å²) in [4.78, 5) is 11.1. The number of nitrogens with one attached hydrogen (secondary N) is 2. The number of amides is 1. The quantitative estimate of drug-likeness (QED) is 0.716. The fourth-order valence-corrected chi connectivity index (χ4v) is 1.29. The van der Waals surface area contributed by atoms with Gasteiger partial charge in [0.25, 0.3) is 0 Å². The monoisotopic (exact) mass is 210 g/mol. The molecule has 1 heterocycles. The van der Waals surface area contributed by atoms with Crippen LogP contribution in [0.2, 0.25) is 0 Å². The highest BCUT2D eigenvalue weighted by Crippen LogP contribution is 2.03. The van der Waals surface area contributed by atoms with Gasteiger partial charge in [-0.15, -0.1) is 0 Å². The summed E-state index contributed by atoms with van der Waals surface area (Å²) < 4.78 is 1.82. The Bertz CT molecular complexity index is 332. The Morgan fingerprint density at radius 3 is 2.87 bits per heavy atom. The van der Waals surface area contributed by atoms with E-state index < -0.39 is 0 Å². The second kappa shape index (κ2) is 5.50. The summed E-state index contributed by atoms with van der Waals surface area (Å²) in [7, 11) is 1.91. The molecule has 0 aromatic carbocycles. The fraction of sp³-hybridized carbons (Fsp3) is 0.600. The van der Waals surface area contributed by atoms with Crippen LogP contribution >= 0.6 is 0 Å². The summed E-state index contributed by atoms with van der Waals surface area (Å²) in [5.74, 6) is 0.0269. The molecule has 2 N–H and O–H groups in total. The van der Waals surface area contributed by atoms with Gasteiger partial charge in [-0.05, 0) is 13.8 Å². The number of hydrogen-bond donors (Lipinski definition) is 2. The van der Waals surface area contributed by atoms with E-state index in [2.05, 4.69) is 15.7 Å². The van der Waals surface area contributed by atoms with Gasteiger partial charge in [-0.2, -0.15) is 5.10 Å². The molecule has 0 unspecified atom stereocenters. The summed E-state index contributed by atoms with van der Waals surface area (Å²) in [5.41, 5.74) is 2.25. The Balaban J connectivity index is 2.32. The molecule has 0 fully saturated rings. The Kier molecular flexibility index (Phi) is 4.30. The van der Waals surface area contributed by atoms with E-state index in [0.29, 0.717) is 19.6 Å². The molecule has 0 aliphatic carbocycles. The molecule has 0 saturated carbocycles. The average Bonchev–Trinajstić information content (AvgIpc) is 2.50. The van der Waals surface area contributed by atoms with Crippen LogP contribution in [0, 0.1) is 6.92 Å². The van der Waals surface area contributed by atoms with Crippen molar-refractivity contribution in [2.75, 3.05) is 13.1 Å². The van der Waals surface area contributed by atoms with Crippen molar-refractivity contribution in [3.8, 4) is 0 Å². The van der Waals surface area contributed by atoms with Crippen molar-refractivity contribution in [3.05, 3.63) is 17.5 Å². The number of carbonyl (C=O) groups is 1. The maximum absolute atomic E-state index is 11.1. The van der Waals surface area contributed by atoms with Crippen LogP contribution in [-0.2, 0) is 18.4 Å². The smallest absolute Gasteiger partial charge is 0.233 e. The molecule has 5 heteroatoms. The first-order valence-electron chi connectivity index (χ1n) is 5.10. The first kappa shape index (κ1) is 11.7. The zero-order valence-electron chi connectivity index (χ0n) is 9.50. The van der Waals surface area contributed by atoms with Crippen molar-refractivity contribution in [2.24, 2.45) is 7.05 Å². The summed E-state index contributed by atoms with van der Waals surface area (Å²) in [5, 5.41) is 9.93. The SMILES string of the molecule is CCNC(=O)CNCc1cnn(C)c1C. The van der Waals surface area contributed by atoms with Crippen LogP contribution in [0.1, 0.15) is 18.2 Å². The van der Waals surface area contributed by atoms with Gasteiger partial charge in [0.15, 0.2) is 0 Å².